The predicted octanol–water partition coefficient (Wildman–Crippen LogP) is 1.47. The molecule has 1 rings (SSSR count). The maximum atomic E-state index is 8.98. The van der Waals surface area contributed by atoms with Crippen molar-refractivity contribution in [3.8, 4) is 0 Å². The van der Waals surface area contributed by atoms with Crippen molar-refractivity contribution in [1.29, 1.82) is 0 Å². The highest BCUT2D eigenvalue weighted by molar-refractivity contribution is 4.73. The highest BCUT2D eigenvalue weighted by Crippen LogP contribution is 2.32. The van der Waals surface area contributed by atoms with E-state index in [0.29, 0.717) is 13.1 Å². The summed E-state index contributed by atoms with van der Waals surface area (Å²) < 4.78 is 0. The molecular formula is C16H34N2O2. The van der Waals surface area contributed by atoms with Crippen molar-refractivity contribution in [3.05, 3.63) is 0 Å². The normalized spacial score (nSPS) is 23.4. The zero-order valence-electron chi connectivity index (χ0n) is 13.2. The molecule has 0 aliphatic heterocycles. The van der Waals surface area contributed by atoms with Crippen molar-refractivity contribution >= 4 is 0 Å². The van der Waals surface area contributed by atoms with E-state index in [2.05, 4.69) is 10.2 Å². The molecule has 4 heteroatoms. The quantitative estimate of drug-likeness (QED) is 0.538. The van der Waals surface area contributed by atoms with E-state index in [4.69, 9.17) is 10.2 Å². The van der Waals surface area contributed by atoms with Gasteiger partial charge in [0.25, 0.3) is 0 Å². The number of hydrogen-bond donors (Lipinski definition) is 3. The van der Waals surface area contributed by atoms with E-state index in [1.54, 1.807) is 0 Å². The van der Waals surface area contributed by atoms with Gasteiger partial charge in [0.15, 0.2) is 0 Å². The third-order valence-electron chi connectivity index (χ3n) is 4.69. The fourth-order valence-electron chi connectivity index (χ4n) is 3.38. The Labute approximate surface area is 124 Å². The van der Waals surface area contributed by atoms with E-state index in [1.165, 1.54) is 44.9 Å². The third-order valence-corrected chi connectivity index (χ3v) is 4.69. The number of hydrogen-bond acceptors (Lipinski definition) is 4. The molecule has 0 amide bonds. The molecule has 1 aliphatic carbocycles. The number of nitrogens with one attached hydrogen (secondary N) is 1. The zero-order valence-corrected chi connectivity index (χ0v) is 13.2. The van der Waals surface area contributed by atoms with Crippen LogP contribution in [0.15, 0.2) is 0 Å². The lowest BCUT2D eigenvalue weighted by atomic mass is 9.79. The molecule has 0 bridgehead atoms. The Morgan fingerprint density at radius 1 is 0.900 bits per heavy atom. The molecule has 0 saturated heterocycles. The van der Waals surface area contributed by atoms with Crippen molar-refractivity contribution in [2.45, 2.75) is 44.9 Å². The molecule has 3 N–H and O–H groups in total. The van der Waals surface area contributed by atoms with Crippen molar-refractivity contribution in [2.75, 3.05) is 46.4 Å². The Balaban J connectivity index is 2.08. The largest absolute Gasteiger partial charge is 0.395 e. The summed E-state index contributed by atoms with van der Waals surface area (Å²) in [7, 11) is 2.04. The van der Waals surface area contributed by atoms with Crippen molar-refractivity contribution in [2.24, 2.45) is 11.8 Å². The first-order chi connectivity index (χ1) is 9.80. The highest BCUT2D eigenvalue weighted by Gasteiger charge is 2.20. The SMILES string of the molecule is CNCCC1CCC(CCCN(CCO)CCO)CC1. The fourth-order valence-corrected chi connectivity index (χ4v) is 3.38. The Hall–Kier alpha value is -0.160. The minimum Gasteiger partial charge on any atom is -0.395 e. The van der Waals surface area contributed by atoms with Crippen LogP contribution in [0, 0.1) is 11.8 Å². The molecule has 0 unspecified atom stereocenters. The van der Waals surface area contributed by atoms with Gasteiger partial charge < -0.3 is 15.5 Å². The molecule has 1 fully saturated rings. The lowest BCUT2D eigenvalue weighted by Gasteiger charge is -2.29. The zero-order chi connectivity index (χ0) is 14.6. The molecule has 4 nitrogen and oxygen atoms in total. The summed E-state index contributed by atoms with van der Waals surface area (Å²) in [6.45, 7) is 3.94. The first-order valence-electron chi connectivity index (χ1n) is 8.38. The van der Waals surface area contributed by atoms with Gasteiger partial charge in [-0.3, -0.25) is 4.90 Å². The Bertz CT molecular complexity index is 213. The van der Waals surface area contributed by atoms with Gasteiger partial charge in [-0.1, -0.05) is 25.7 Å². The molecule has 0 aromatic carbocycles. The summed E-state index contributed by atoms with van der Waals surface area (Å²) in [4.78, 5) is 2.17. The Morgan fingerprint density at radius 3 is 1.95 bits per heavy atom. The van der Waals surface area contributed by atoms with E-state index in [9.17, 15) is 0 Å². The summed E-state index contributed by atoms with van der Waals surface area (Å²) in [5.74, 6) is 1.85. The number of nitrogens with zero attached hydrogens (tertiary/aromatic N) is 1. The molecular weight excluding hydrogens is 252 g/mol. The average molecular weight is 286 g/mol. The lowest BCUT2D eigenvalue weighted by molar-refractivity contribution is 0.154. The Kier molecular flexibility index (Phi) is 10.3. The van der Waals surface area contributed by atoms with Gasteiger partial charge in [0.2, 0.25) is 0 Å². The molecule has 0 aromatic rings. The molecule has 0 aromatic heterocycles. The molecule has 1 aliphatic rings. The summed E-state index contributed by atoms with van der Waals surface area (Å²) in [5, 5.41) is 21.2. The van der Waals surface area contributed by atoms with Gasteiger partial charge in [-0.2, -0.15) is 0 Å². The number of aliphatic hydroxyl groups is 2. The molecule has 1 saturated carbocycles. The summed E-state index contributed by atoms with van der Waals surface area (Å²) >= 11 is 0. The monoisotopic (exact) mass is 286 g/mol. The van der Waals surface area contributed by atoms with Crippen LogP contribution in [0.25, 0.3) is 0 Å². The smallest absolute Gasteiger partial charge is 0.0558 e. The predicted molar refractivity (Wildman–Crippen MR) is 83.8 cm³/mol. The summed E-state index contributed by atoms with van der Waals surface area (Å²) in [5.41, 5.74) is 0. The third kappa shape index (κ3) is 7.58. The van der Waals surface area contributed by atoms with Gasteiger partial charge in [-0.25, -0.2) is 0 Å². The van der Waals surface area contributed by atoms with Gasteiger partial charge in [-0.15, -0.1) is 0 Å². The first-order valence-corrected chi connectivity index (χ1v) is 8.38. The number of aliphatic hydroxyl groups excluding tert-OH is 2. The minimum absolute atomic E-state index is 0.191. The second-order valence-corrected chi connectivity index (χ2v) is 6.21. The maximum absolute atomic E-state index is 8.98. The van der Waals surface area contributed by atoms with Crippen LogP contribution in [0.1, 0.15) is 44.9 Å². The molecule has 0 spiro atoms. The van der Waals surface area contributed by atoms with Gasteiger partial charge in [0, 0.05) is 13.1 Å². The van der Waals surface area contributed by atoms with Gasteiger partial charge >= 0.3 is 0 Å². The van der Waals surface area contributed by atoms with E-state index in [-0.39, 0.29) is 13.2 Å². The minimum atomic E-state index is 0.191. The molecule has 0 atom stereocenters. The van der Waals surface area contributed by atoms with Crippen LogP contribution < -0.4 is 5.32 Å². The van der Waals surface area contributed by atoms with Crippen LogP contribution >= 0.6 is 0 Å². The van der Waals surface area contributed by atoms with Crippen LogP contribution in [0.2, 0.25) is 0 Å². The second kappa shape index (κ2) is 11.5. The summed E-state index contributed by atoms with van der Waals surface area (Å²) in [6.07, 6.45) is 9.46. The molecule has 0 heterocycles. The molecule has 0 radical (unpaired) electrons. The van der Waals surface area contributed by atoms with E-state index >= 15 is 0 Å². The van der Waals surface area contributed by atoms with Crippen molar-refractivity contribution < 1.29 is 10.2 Å². The van der Waals surface area contributed by atoms with Crippen LogP contribution in [-0.2, 0) is 0 Å². The van der Waals surface area contributed by atoms with Crippen molar-refractivity contribution in [3.63, 3.8) is 0 Å². The van der Waals surface area contributed by atoms with Crippen molar-refractivity contribution in [1.82, 2.24) is 10.2 Å². The van der Waals surface area contributed by atoms with Gasteiger partial charge in [-0.05, 0) is 51.2 Å². The van der Waals surface area contributed by atoms with Crippen LogP contribution in [0.5, 0.6) is 0 Å². The summed E-state index contributed by atoms with van der Waals surface area (Å²) in [6, 6.07) is 0. The number of rotatable bonds is 11. The second-order valence-electron chi connectivity index (χ2n) is 6.21. The molecule has 20 heavy (non-hydrogen) atoms. The standard InChI is InChI=1S/C16H34N2O2/c1-17-9-8-16-6-4-15(5-7-16)3-2-10-18(11-13-19)12-14-20/h15-17,19-20H,2-14H2,1H3. The fraction of sp³-hybridized carbons (Fsp3) is 1.00. The lowest BCUT2D eigenvalue weighted by Crippen LogP contribution is -2.31. The van der Waals surface area contributed by atoms with E-state index < -0.39 is 0 Å². The van der Waals surface area contributed by atoms with E-state index in [1.807, 2.05) is 7.05 Å². The van der Waals surface area contributed by atoms with Gasteiger partial charge in [0.1, 0.15) is 0 Å². The highest BCUT2D eigenvalue weighted by atomic mass is 16.3. The van der Waals surface area contributed by atoms with Crippen LogP contribution in [-0.4, -0.2) is 61.6 Å². The van der Waals surface area contributed by atoms with Crippen LogP contribution in [0.4, 0.5) is 0 Å². The Morgan fingerprint density at radius 2 is 1.45 bits per heavy atom. The maximum Gasteiger partial charge on any atom is 0.0558 e. The van der Waals surface area contributed by atoms with E-state index in [0.717, 1.165) is 24.9 Å². The van der Waals surface area contributed by atoms with Gasteiger partial charge in [0.05, 0.1) is 13.2 Å². The average Bonchev–Trinajstić information content (AvgIpc) is 2.47. The van der Waals surface area contributed by atoms with Crippen LogP contribution in [0.3, 0.4) is 0 Å². The first kappa shape index (κ1) is 17.9. The topological polar surface area (TPSA) is 55.7 Å². The molecule has 120 valence electrons.